The fraction of sp³-hybridized carbons (Fsp3) is 0.312. The number of anilines is 1. The van der Waals surface area contributed by atoms with Crippen LogP contribution in [-0.4, -0.2) is 52.6 Å². The summed E-state index contributed by atoms with van der Waals surface area (Å²) in [6.07, 6.45) is 1.45. The van der Waals surface area contributed by atoms with E-state index in [4.69, 9.17) is 5.73 Å². The highest BCUT2D eigenvalue weighted by Gasteiger charge is 2.35. The topological polar surface area (TPSA) is 95.3 Å². The van der Waals surface area contributed by atoms with Gasteiger partial charge in [-0.25, -0.2) is 4.39 Å². The summed E-state index contributed by atoms with van der Waals surface area (Å²) in [5.41, 5.74) is 7.36. The lowest BCUT2D eigenvalue weighted by molar-refractivity contribution is -0.122. The van der Waals surface area contributed by atoms with Gasteiger partial charge < -0.3 is 15.5 Å². The Morgan fingerprint density at radius 1 is 1.29 bits per heavy atom. The molecule has 1 saturated heterocycles. The highest BCUT2D eigenvalue weighted by Crippen LogP contribution is 2.21. The lowest BCUT2D eigenvalue weighted by Gasteiger charge is -2.40. The average molecular weight is 331 g/mol. The Morgan fingerprint density at radius 3 is 2.58 bits per heavy atom. The summed E-state index contributed by atoms with van der Waals surface area (Å²) in [7, 11) is 0. The summed E-state index contributed by atoms with van der Waals surface area (Å²) < 4.78 is 13.1. The predicted octanol–water partition coefficient (Wildman–Crippen LogP) is 0.674. The quantitative estimate of drug-likeness (QED) is 0.864. The molecule has 0 aliphatic carbocycles. The highest BCUT2D eigenvalue weighted by molar-refractivity contribution is 5.98. The molecule has 1 fully saturated rings. The zero-order valence-corrected chi connectivity index (χ0v) is 13.2. The van der Waals surface area contributed by atoms with Crippen LogP contribution in [0.5, 0.6) is 0 Å². The molecule has 1 aromatic heterocycles. The van der Waals surface area contributed by atoms with E-state index in [1.807, 2.05) is 4.90 Å². The molecule has 1 unspecified atom stereocenters. The molecule has 0 radical (unpaired) electrons. The second kappa shape index (κ2) is 6.31. The fourth-order valence-electron chi connectivity index (χ4n) is 2.88. The number of nitrogens with zero attached hydrogens (tertiary/aromatic N) is 3. The summed E-state index contributed by atoms with van der Waals surface area (Å²) >= 11 is 0. The van der Waals surface area contributed by atoms with Crippen LogP contribution >= 0.6 is 0 Å². The largest absolute Gasteiger partial charge is 0.368 e. The van der Waals surface area contributed by atoms with Gasteiger partial charge in [-0.1, -0.05) is 0 Å². The number of primary amides is 1. The van der Waals surface area contributed by atoms with Gasteiger partial charge in [-0.05, 0) is 31.2 Å². The van der Waals surface area contributed by atoms with Gasteiger partial charge in [-0.2, -0.15) is 5.10 Å². The summed E-state index contributed by atoms with van der Waals surface area (Å²) in [5, 5.41) is 6.56. The van der Waals surface area contributed by atoms with Crippen molar-refractivity contribution in [2.24, 2.45) is 5.73 Å². The van der Waals surface area contributed by atoms with Crippen molar-refractivity contribution in [3.63, 3.8) is 0 Å². The number of rotatable bonds is 3. The van der Waals surface area contributed by atoms with E-state index in [1.165, 1.54) is 23.2 Å². The normalized spacial score (nSPS) is 17.8. The molecule has 2 amide bonds. The average Bonchev–Trinajstić information content (AvgIpc) is 3.00. The smallest absolute Gasteiger partial charge is 0.258 e. The van der Waals surface area contributed by atoms with E-state index in [0.717, 1.165) is 5.69 Å². The van der Waals surface area contributed by atoms with Gasteiger partial charge in [-0.15, -0.1) is 0 Å². The third kappa shape index (κ3) is 2.94. The monoisotopic (exact) mass is 331 g/mol. The second-order valence-corrected chi connectivity index (χ2v) is 5.75. The van der Waals surface area contributed by atoms with Gasteiger partial charge in [0.25, 0.3) is 5.91 Å². The summed E-state index contributed by atoms with van der Waals surface area (Å²) in [6, 6.07) is 5.25. The predicted molar refractivity (Wildman–Crippen MR) is 86.0 cm³/mol. The van der Waals surface area contributed by atoms with E-state index in [-0.39, 0.29) is 18.3 Å². The van der Waals surface area contributed by atoms with E-state index < -0.39 is 11.9 Å². The molecule has 0 spiro atoms. The number of hydrogen-bond donors (Lipinski definition) is 2. The van der Waals surface area contributed by atoms with Crippen molar-refractivity contribution >= 4 is 17.5 Å². The molecule has 3 N–H and O–H groups in total. The Bertz CT molecular complexity index is 758. The summed E-state index contributed by atoms with van der Waals surface area (Å²) in [5.74, 6) is -1.17. The van der Waals surface area contributed by atoms with Crippen LogP contribution in [0.4, 0.5) is 10.1 Å². The van der Waals surface area contributed by atoms with Crippen LogP contribution in [0, 0.1) is 12.7 Å². The minimum absolute atomic E-state index is 0.267. The van der Waals surface area contributed by atoms with E-state index in [9.17, 15) is 14.0 Å². The zero-order valence-electron chi connectivity index (χ0n) is 13.2. The van der Waals surface area contributed by atoms with Crippen LogP contribution in [0.25, 0.3) is 0 Å². The minimum atomic E-state index is -0.759. The Morgan fingerprint density at radius 2 is 2.00 bits per heavy atom. The van der Waals surface area contributed by atoms with Crippen molar-refractivity contribution in [1.29, 1.82) is 0 Å². The first-order valence-corrected chi connectivity index (χ1v) is 7.58. The van der Waals surface area contributed by atoms with Gasteiger partial charge in [0, 0.05) is 31.0 Å². The Balaban J connectivity index is 1.81. The zero-order chi connectivity index (χ0) is 17.3. The summed E-state index contributed by atoms with van der Waals surface area (Å²) in [4.78, 5) is 27.9. The molecular formula is C16H18FN5O2. The highest BCUT2D eigenvalue weighted by atomic mass is 19.1. The maximum absolute atomic E-state index is 13.1. The van der Waals surface area contributed by atoms with Crippen LogP contribution < -0.4 is 10.6 Å². The number of carbonyl (C=O) groups is 2. The first-order valence-electron chi connectivity index (χ1n) is 7.58. The minimum Gasteiger partial charge on any atom is -0.368 e. The number of nitrogens with two attached hydrogens (primary N) is 1. The number of nitrogens with one attached hydrogen (secondary N) is 1. The van der Waals surface area contributed by atoms with Crippen molar-refractivity contribution in [3.8, 4) is 0 Å². The van der Waals surface area contributed by atoms with E-state index in [2.05, 4.69) is 10.2 Å². The number of amides is 2. The van der Waals surface area contributed by atoms with E-state index >= 15 is 0 Å². The molecule has 0 bridgehead atoms. The number of aryl methyl sites for hydroxylation is 1. The number of hydrogen-bond acceptors (Lipinski definition) is 4. The molecule has 1 aromatic carbocycles. The number of piperazine rings is 1. The second-order valence-electron chi connectivity index (χ2n) is 5.75. The molecule has 1 aliphatic heterocycles. The molecule has 2 aromatic rings. The van der Waals surface area contributed by atoms with Crippen LogP contribution in [0.3, 0.4) is 0 Å². The first-order chi connectivity index (χ1) is 11.5. The molecule has 0 saturated carbocycles. The van der Waals surface area contributed by atoms with Crippen molar-refractivity contribution in [3.05, 3.63) is 47.5 Å². The van der Waals surface area contributed by atoms with E-state index in [1.54, 1.807) is 19.1 Å². The first kappa shape index (κ1) is 16.0. The van der Waals surface area contributed by atoms with Gasteiger partial charge in [0.2, 0.25) is 5.91 Å². The van der Waals surface area contributed by atoms with Gasteiger partial charge in [0.1, 0.15) is 11.9 Å². The third-order valence-electron chi connectivity index (χ3n) is 4.22. The van der Waals surface area contributed by atoms with Crippen LogP contribution in [-0.2, 0) is 4.79 Å². The molecule has 1 atom stereocenters. The van der Waals surface area contributed by atoms with E-state index in [0.29, 0.717) is 24.3 Å². The number of aromatic amines is 1. The molecular weight excluding hydrogens is 313 g/mol. The van der Waals surface area contributed by atoms with Crippen molar-refractivity contribution < 1.29 is 14.0 Å². The SMILES string of the molecule is Cc1[nH]ncc1C(=O)N1CCN(c2ccc(F)cc2)CC1C(N)=O. The maximum atomic E-state index is 13.1. The number of H-pyrrole nitrogens is 1. The molecule has 3 rings (SSSR count). The van der Waals surface area contributed by atoms with Gasteiger partial charge in [0.15, 0.2) is 0 Å². The maximum Gasteiger partial charge on any atom is 0.258 e. The van der Waals surface area contributed by atoms with Gasteiger partial charge >= 0.3 is 0 Å². The van der Waals surface area contributed by atoms with Crippen molar-refractivity contribution in [2.45, 2.75) is 13.0 Å². The van der Waals surface area contributed by atoms with Crippen molar-refractivity contribution in [1.82, 2.24) is 15.1 Å². The molecule has 126 valence electrons. The van der Waals surface area contributed by atoms with Crippen LogP contribution in [0.2, 0.25) is 0 Å². The molecule has 8 heteroatoms. The molecule has 2 heterocycles. The Labute approximate surface area is 138 Å². The number of halogens is 1. The summed E-state index contributed by atoms with van der Waals surface area (Å²) in [6.45, 7) is 2.88. The molecule has 24 heavy (non-hydrogen) atoms. The fourth-order valence-corrected chi connectivity index (χ4v) is 2.88. The molecule has 7 nitrogen and oxygen atoms in total. The number of carbonyl (C=O) groups excluding carboxylic acids is 2. The number of benzene rings is 1. The van der Waals surface area contributed by atoms with Crippen LogP contribution in [0.1, 0.15) is 16.1 Å². The standard InChI is InChI=1S/C16H18FN5O2/c1-10-13(8-19-20-10)16(24)22-7-6-21(9-14(22)15(18)23)12-4-2-11(17)3-5-12/h2-5,8,14H,6-7,9H2,1H3,(H2,18,23)(H,19,20). The van der Waals surface area contributed by atoms with Crippen LogP contribution in [0.15, 0.2) is 30.5 Å². The number of aromatic nitrogens is 2. The van der Waals surface area contributed by atoms with Crippen molar-refractivity contribution in [2.75, 3.05) is 24.5 Å². The molecule has 1 aliphatic rings. The Hall–Kier alpha value is -2.90. The van der Waals surface area contributed by atoms with Gasteiger partial charge in [0.05, 0.1) is 11.8 Å². The lowest BCUT2D eigenvalue weighted by Crippen LogP contribution is -2.60. The Kier molecular flexibility index (Phi) is 4.20. The third-order valence-corrected chi connectivity index (χ3v) is 4.22. The lowest BCUT2D eigenvalue weighted by atomic mass is 10.1. The van der Waals surface area contributed by atoms with Gasteiger partial charge in [-0.3, -0.25) is 14.7 Å².